The molecule has 0 saturated heterocycles. The molecular weight excluding hydrogens is 741 g/mol. The second-order valence-corrected chi connectivity index (χ2v) is 16.0. The van der Waals surface area contributed by atoms with E-state index >= 15 is 0 Å². The number of pyridine rings is 2. The molecule has 0 aliphatic heterocycles. The lowest BCUT2D eigenvalue weighted by Crippen LogP contribution is -1.92. The highest BCUT2D eigenvalue weighted by Crippen LogP contribution is 2.45. The molecule has 61 heavy (non-hydrogen) atoms. The Morgan fingerprint density at radius 1 is 0.262 bits per heavy atom. The zero-order valence-electron chi connectivity index (χ0n) is 32.9. The molecule has 0 N–H and O–H groups in total. The van der Waals surface area contributed by atoms with E-state index in [1.807, 2.05) is 0 Å². The predicted molar refractivity (Wildman–Crippen MR) is 256 cm³/mol. The van der Waals surface area contributed by atoms with Gasteiger partial charge in [-0.2, -0.15) is 0 Å². The van der Waals surface area contributed by atoms with Gasteiger partial charge in [-0.1, -0.05) is 158 Å². The molecule has 3 heterocycles. The van der Waals surface area contributed by atoms with E-state index in [9.17, 15) is 0 Å². The summed E-state index contributed by atoms with van der Waals surface area (Å²) in [5.74, 6) is 0. The van der Waals surface area contributed by atoms with E-state index in [0.29, 0.717) is 0 Å². The van der Waals surface area contributed by atoms with Crippen LogP contribution in [0.2, 0.25) is 0 Å². The minimum Gasteiger partial charge on any atom is -0.456 e. The summed E-state index contributed by atoms with van der Waals surface area (Å²) in [6.07, 6.45) is 0. The summed E-state index contributed by atoms with van der Waals surface area (Å²) in [6.45, 7) is 0. The van der Waals surface area contributed by atoms with Crippen LogP contribution in [-0.4, -0.2) is 9.97 Å². The molecule has 0 aliphatic carbocycles. The quantitative estimate of drug-likeness (QED) is 0.167. The highest BCUT2D eigenvalue weighted by molar-refractivity contribution is 6.27. The first-order chi connectivity index (χ1) is 30.2. The van der Waals surface area contributed by atoms with Crippen molar-refractivity contribution in [3.8, 4) is 44.8 Å². The maximum atomic E-state index is 6.85. The summed E-state index contributed by atoms with van der Waals surface area (Å²) in [6, 6.07) is 73.7. The van der Waals surface area contributed by atoms with Gasteiger partial charge in [0.2, 0.25) is 0 Å². The van der Waals surface area contributed by atoms with Crippen LogP contribution in [0.15, 0.2) is 211 Å². The van der Waals surface area contributed by atoms with Crippen LogP contribution >= 0.6 is 0 Å². The van der Waals surface area contributed by atoms with E-state index in [4.69, 9.17) is 14.4 Å². The van der Waals surface area contributed by atoms with Gasteiger partial charge in [-0.3, -0.25) is 0 Å². The van der Waals surface area contributed by atoms with Crippen LogP contribution in [0.3, 0.4) is 0 Å². The maximum absolute atomic E-state index is 6.85. The van der Waals surface area contributed by atoms with Crippen molar-refractivity contribution < 1.29 is 4.42 Å². The summed E-state index contributed by atoms with van der Waals surface area (Å²) in [7, 11) is 0. The lowest BCUT2D eigenvalue weighted by molar-refractivity contribution is 0.669. The SMILES string of the molecule is c1ccc(-c2nc3ccccc3c3c2cc(-c2ccc4c(c2)oc2cc(-c5cc6c(-c7ccccc7)nc7ccccc7c6c6ccccc56)ccc24)c2ccccc23)cc1. The molecule has 3 aromatic heterocycles. The average molecular weight is 775 g/mol. The highest BCUT2D eigenvalue weighted by atomic mass is 16.3. The van der Waals surface area contributed by atoms with Crippen molar-refractivity contribution in [2.75, 3.05) is 0 Å². The highest BCUT2D eigenvalue weighted by Gasteiger charge is 2.20. The number of rotatable bonds is 4. The lowest BCUT2D eigenvalue weighted by atomic mass is 9.89. The van der Waals surface area contributed by atoms with Gasteiger partial charge in [-0.25, -0.2) is 9.97 Å². The zero-order valence-corrected chi connectivity index (χ0v) is 32.9. The smallest absolute Gasteiger partial charge is 0.136 e. The molecule has 0 spiro atoms. The molecule has 0 atom stereocenters. The van der Waals surface area contributed by atoms with Crippen molar-refractivity contribution in [2.24, 2.45) is 0 Å². The third-order valence-corrected chi connectivity index (χ3v) is 12.6. The van der Waals surface area contributed by atoms with E-state index < -0.39 is 0 Å². The first-order valence-corrected chi connectivity index (χ1v) is 20.8. The Hall–Kier alpha value is -8.14. The van der Waals surface area contributed by atoms with Crippen molar-refractivity contribution in [3.05, 3.63) is 206 Å². The minimum absolute atomic E-state index is 0.860. The van der Waals surface area contributed by atoms with Crippen LogP contribution in [0.25, 0.3) is 132 Å². The number of fused-ring (bicyclic) bond motifs is 13. The normalized spacial score (nSPS) is 11.9. The predicted octanol–water partition coefficient (Wildman–Crippen LogP) is 16.0. The molecule has 282 valence electrons. The Morgan fingerprint density at radius 3 is 1.08 bits per heavy atom. The molecule has 0 aliphatic rings. The van der Waals surface area contributed by atoms with Crippen LogP contribution in [0.5, 0.6) is 0 Å². The van der Waals surface area contributed by atoms with E-state index in [1.165, 1.54) is 32.3 Å². The monoisotopic (exact) mass is 774 g/mol. The number of nitrogens with zero attached hydrogens (tertiary/aromatic N) is 2. The number of hydrogen-bond donors (Lipinski definition) is 0. The summed E-state index contributed by atoms with van der Waals surface area (Å²) in [4.78, 5) is 10.5. The molecule has 10 aromatic carbocycles. The largest absolute Gasteiger partial charge is 0.456 e. The molecule has 13 aromatic rings. The number of benzene rings is 10. The van der Waals surface area contributed by atoms with Crippen molar-refractivity contribution >= 4 is 86.8 Å². The minimum atomic E-state index is 0.860. The Morgan fingerprint density at radius 2 is 0.639 bits per heavy atom. The van der Waals surface area contributed by atoms with Crippen molar-refractivity contribution in [2.45, 2.75) is 0 Å². The summed E-state index contributed by atoms with van der Waals surface area (Å²) in [5, 5.41) is 14.0. The van der Waals surface area contributed by atoms with Gasteiger partial charge in [0.25, 0.3) is 0 Å². The van der Waals surface area contributed by atoms with Crippen LogP contribution in [0.1, 0.15) is 0 Å². The maximum Gasteiger partial charge on any atom is 0.136 e. The Kier molecular flexibility index (Phi) is 7.31. The van der Waals surface area contributed by atoms with Gasteiger partial charge in [-0.05, 0) is 92.3 Å². The first kappa shape index (κ1) is 33.8. The van der Waals surface area contributed by atoms with E-state index in [-0.39, 0.29) is 0 Å². The van der Waals surface area contributed by atoms with E-state index in [1.54, 1.807) is 0 Å². The first-order valence-electron chi connectivity index (χ1n) is 20.8. The molecule has 0 fully saturated rings. The third-order valence-electron chi connectivity index (χ3n) is 12.6. The molecule has 3 heteroatoms. The fraction of sp³-hybridized carbons (Fsp3) is 0. The summed E-state index contributed by atoms with van der Waals surface area (Å²) < 4.78 is 6.85. The van der Waals surface area contributed by atoms with Crippen molar-refractivity contribution in [1.82, 2.24) is 9.97 Å². The molecule has 3 nitrogen and oxygen atoms in total. The lowest BCUT2D eigenvalue weighted by Gasteiger charge is -2.16. The van der Waals surface area contributed by atoms with Gasteiger partial charge >= 0.3 is 0 Å². The number of para-hydroxylation sites is 2. The second kappa shape index (κ2) is 13.2. The van der Waals surface area contributed by atoms with Crippen molar-refractivity contribution in [3.63, 3.8) is 0 Å². The standard InChI is InChI=1S/C58H34N2O/c1-3-15-35(16-4-1)57-49-33-47(39-19-7-9-21-43(39)55(49)45-23-11-13-25-51(45)59-57)37-27-29-41-42-30-28-38(32-54(42)61-53(41)31-37)48-34-50-56(44-22-10-8-20-40(44)48)46-24-12-14-26-52(46)60-58(50)36-17-5-2-6-18-36/h1-34H. The van der Waals surface area contributed by atoms with Gasteiger partial charge in [0, 0.05) is 54.2 Å². The third kappa shape index (κ3) is 5.17. The van der Waals surface area contributed by atoms with Gasteiger partial charge < -0.3 is 4.42 Å². The molecule has 0 bridgehead atoms. The Bertz CT molecular complexity index is 3670. The molecule has 13 rings (SSSR count). The van der Waals surface area contributed by atoms with Crippen molar-refractivity contribution in [1.29, 1.82) is 0 Å². The zero-order chi connectivity index (χ0) is 40.0. The fourth-order valence-electron chi connectivity index (χ4n) is 9.85. The average Bonchev–Trinajstić information content (AvgIpc) is 3.70. The molecule has 0 unspecified atom stereocenters. The Labute approximate surface area is 350 Å². The van der Waals surface area contributed by atoms with E-state index in [0.717, 1.165) is 99.3 Å². The Balaban J connectivity index is 1.01. The van der Waals surface area contributed by atoms with Gasteiger partial charge in [-0.15, -0.1) is 0 Å². The van der Waals surface area contributed by atoms with Crippen LogP contribution in [0, 0.1) is 0 Å². The van der Waals surface area contributed by atoms with Gasteiger partial charge in [0.05, 0.1) is 22.4 Å². The molecule has 0 radical (unpaired) electrons. The van der Waals surface area contributed by atoms with Crippen LogP contribution < -0.4 is 0 Å². The molecular formula is C58H34N2O. The number of aromatic nitrogens is 2. The van der Waals surface area contributed by atoms with Gasteiger partial charge in [0.1, 0.15) is 11.2 Å². The number of furan rings is 1. The summed E-state index contributed by atoms with van der Waals surface area (Å²) in [5.41, 5.74) is 12.4. The van der Waals surface area contributed by atoms with Crippen LogP contribution in [-0.2, 0) is 0 Å². The fourth-order valence-corrected chi connectivity index (χ4v) is 9.85. The van der Waals surface area contributed by atoms with E-state index in [2.05, 4.69) is 206 Å². The number of hydrogen-bond acceptors (Lipinski definition) is 3. The molecule has 0 saturated carbocycles. The van der Waals surface area contributed by atoms with Crippen LogP contribution in [0.4, 0.5) is 0 Å². The summed E-state index contributed by atoms with van der Waals surface area (Å²) >= 11 is 0. The second-order valence-electron chi connectivity index (χ2n) is 16.0. The van der Waals surface area contributed by atoms with Gasteiger partial charge in [0.15, 0.2) is 0 Å². The molecule has 0 amide bonds. The topological polar surface area (TPSA) is 38.9 Å².